The van der Waals surface area contributed by atoms with Gasteiger partial charge in [0.05, 0.1) is 12.8 Å². The number of phenols is 1. The summed E-state index contributed by atoms with van der Waals surface area (Å²) in [5.41, 5.74) is 1.79. The summed E-state index contributed by atoms with van der Waals surface area (Å²) >= 11 is 0. The summed E-state index contributed by atoms with van der Waals surface area (Å²) < 4.78 is 5.10. The van der Waals surface area contributed by atoms with Gasteiger partial charge in [0.2, 0.25) is 0 Å². The quantitative estimate of drug-likeness (QED) is 0.551. The van der Waals surface area contributed by atoms with E-state index in [9.17, 15) is 5.11 Å². The Labute approximate surface area is 113 Å². The fourth-order valence-corrected chi connectivity index (χ4v) is 1.74. The Bertz CT molecular complexity index is 512. The van der Waals surface area contributed by atoms with Gasteiger partial charge in [0.1, 0.15) is 11.5 Å². The van der Waals surface area contributed by atoms with Gasteiger partial charge in [-0.2, -0.15) is 0 Å². The molecule has 19 heavy (non-hydrogen) atoms. The van der Waals surface area contributed by atoms with Crippen LogP contribution >= 0.6 is 0 Å². The molecule has 0 saturated carbocycles. The molecule has 0 amide bonds. The van der Waals surface area contributed by atoms with Gasteiger partial charge in [0.15, 0.2) is 0 Å². The molecule has 0 bridgehead atoms. The van der Waals surface area contributed by atoms with Crippen LogP contribution in [-0.4, -0.2) is 25.3 Å². The van der Waals surface area contributed by atoms with Crippen molar-refractivity contribution in [2.45, 2.75) is 0 Å². The monoisotopic (exact) mass is 258 g/mol. The third-order valence-corrected chi connectivity index (χ3v) is 2.76. The molecule has 0 atom stereocenters. The number of anilines is 2. The number of ether oxygens (including phenoxy) is 1. The maximum absolute atomic E-state index is 9.59. The van der Waals surface area contributed by atoms with Crippen LogP contribution in [0.5, 0.6) is 11.5 Å². The lowest BCUT2D eigenvalue weighted by atomic mass is 10.3. The van der Waals surface area contributed by atoms with Crippen LogP contribution in [-0.2, 0) is 0 Å². The highest BCUT2D eigenvalue weighted by atomic mass is 16.5. The highest BCUT2D eigenvalue weighted by Gasteiger charge is 1.97. The van der Waals surface area contributed by atoms with E-state index in [2.05, 4.69) is 10.6 Å². The van der Waals surface area contributed by atoms with Gasteiger partial charge in [-0.05, 0) is 36.4 Å². The number of aromatic hydroxyl groups is 1. The molecule has 0 aliphatic rings. The van der Waals surface area contributed by atoms with E-state index in [0.717, 1.165) is 30.2 Å². The number of phenolic OH excluding ortho intramolecular Hbond substituents is 1. The third-order valence-electron chi connectivity index (χ3n) is 2.76. The summed E-state index contributed by atoms with van der Waals surface area (Å²) in [6.07, 6.45) is 0. The zero-order valence-electron chi connectivity index (χ0n) is 10.9. The summed E-state index contributed by atoms with van der Waals surface area (Å²) in [5, 5.41) is 16.0. The number of hydrogen-bond acceptors (Lipinski definition) is 4. The summed E-state index contributed by atoms with van der Waals surface area (Å²) in [4.78, 5) is 0. The first-order chi connectivity index (χ1) is 9.29. The molecule has 2 rings (SSSR count). The van der Waals surface area contributed by atoms with Gasteiger partial charge >= 0.3 is 0 Å². The molecule has 0 spiro atoms. The Balaban J connectivity index is 1.76. The van der Waals surface area contributed by atoms with E-state index in [1.54, 1.807) is 19.2 Å². The minimum Gasteiger partial charge on any atom is -0.506 e. The molecular formula is C15H18N2O2. The molecule has 0 heterocycles. The minimum atomic E-state index is 0.270. The number of benzene rings is 2. The highest BCUT2D eigenvalue weighted by molar-refractivity contribution is 5.55. The molecule has 0 aliphatic heterocycles. The smallest absolute Gasteiger partial charge is 0.138 e. The highest BCUT2D eigenvalue weighted by Crippen LogP contribution is 2.21. The van der Waals surface area contributed by atoms with Gasteiger partial charge in [-0.15, -0.1) is 0 Å². The van der Waals surface area contributed by atoms with Crippen LogP contribution in [0.3, 0.4) is 0 Å². The Hall–Kier alpha value is -2.36. The van der Waals surface area contributed by atoms with E-state index >= 15 is 0 Å². The SMILES string of the molecule is COc1ccc(NCCNc2ccccc2O)cc1. The van der Waals surface area contributed by atoms with E-state index in [1.807, 2.05) is 36.4 Å². The Morgan fingerprint density at radius 2 is 1.63 bits per heavy atom. The number of rotatable bonds is 6. The van der Waals surface area contributed by atoms with Crippen molar-refractivity contribution in [2.75, 3.05) is 30.8 Å². The second-order valence-corrected chi connectivity index (χ2v) is 4.10. The fourth-order valence-electron chi connectivity index (χ4n) is 1.74. The van der Waals surface area contributed by atoms with Crippen molar-refractivity contribution < 1.29 is 9.84 Å². The van der Waals surface area contributed by atoms with Crippen molar-refractivity contribution in [3.05, 3.63) is 48.5 Å². The summed E-state index contributed by atoms with van der Waals surface area (Å²) in [5.74, 6) is 1.12. The number of nitrogens with one attached hydrogen (secondary N) is 2. The first-order valence-electron chi connectivity index (χ1n) is 6.19. The topological polar surface area (TPSA) is 53.5 Å². The third kappa shape index (κ3) is 3.81. The molecule has 4 nitrogen and oxygen atoms in total. The Kier molecular flexibility index (Phi) is 4.50. The summed E-state index contributed by atoms with van der Waals surface area (Å²) in [7, 11) is 1.65. The van der Waals surface area contributed by atoms with Gasteiger partial charge < -0.3 is 20.5 Å². The zero-order chi connectivity index (χ0) is 13.5. The van der Waals surface area contributed by atoms with Gasteiger partial charge in [0.25, 0.3) is 0 Å². The van der Waals surface area contributed by atoms with Crippen molar-refractivity contribution in [3.8, 4) is 11.5 Å². The second-order valence-electron chi connectivity index (χ2n) is 4.10. The summed E-state index contributed by atoms with van der Waals surface area (Å²) in [6, 6.07) is 15.0. The molecule has 3 N–H and O–H groups in total. The Morgan fingerprint density at radius 1 is 0.947 bits per heavy atom. The zero-order valence-corrected chi connectivity index (χ0v) is 10.9. The lowest BCUT2D eigenvalue weighted by molar-refractivity contribution is 0.415. The fraction of sp³-hybridized carbons (Fsp3) is 0.200. The first-order valence-corrected chi connectivity index (χ1v) is 6.19. The number of methoxy groups -OCH3 is 1. The molecule has 100 valence electrons. The van der Waals surface area contributed by atoms with E-state index in [4.69, 9.17) is 4.74 Å². The normalized spacial score (nSPS) is 9.95. The molecule has 2 aromatic carbocycles. The predicted molar refractivity (Wildman–Crippen MR) is 78.1 cm³/mol. The van der Waals surface area contributed by atoms with Gasteiger partial charge in [-0.3, -0.25) is 0 Å². The van der Waals surface area contributed by atoms with E-state index in [1.165, 1.54) is 0 Å². The molecule has 0 saturated heterocycles. The maximum atomic E-state index is 9.59. The first kappa shape index (κ1) is 13.1. The van der Waals surface area contributed by atoms with Crippen LogP contribution in [0.4, 0.5) is 11.4 Å². The van der Waals surface area contributed by atoms with Crippen molar-refractivity contribution in [2.24, 2.45) is 0 Å². The molecule has 0 aromatic heterocycles. The largest absolute Gasteiger partial charge is 0.506 e. The van der Waals surface area contributed by atoms with Crippen LogP contribution in [0.25, 0.3) is 0 Å². The predicted octanol–water partition coefficient (Wildman–Crippen LogP) is 2.92. The van der Waals surface area contributed by atoms with Crippen LogP contribution < -0.4 is 15.4 Å². The molecular weight excluding hydrogens is 240 g/mol. The standard InChI is InChI=1S/C15H18N2O2/c1-19-13-8-6-12(7-9-13)16-10-11-17-14-4-2-3-5-15(14)18/h2-9,16-18H,10-11H2,1H3. The van der Waals surface area contributed by atoms with Gasteiger partial charge in [-0.25, -0.2) is 0 Å². The lowest BCUT2D eigenvalue weighted by Crippen LogP contribution is -2.13. The molecule has 4 heteroatoms. The van der Waals surface area contributed by atoms with Gasteiger partial charge in [-0.1, -0.05) is 12.1 Å². The minimum absolute atomic E-state index is 0.270. The van der Waals surface area contributed by atoms with Crippen LogP contribution in [0, 0.1) is 0 Å². The second kappa shape index (κ2) is 6.54. The van der Waals surface area contributed by atoms with E-state index in [-0.39, 0.29) is 5.75 Å². The molecule has 2 aromatic rings. The van der Waals surface area contributed by atoms with Crippen molar-refractivity contribution >= 4 is 11.4 Å². The van der Waals surface area contributed by atoms with Gasteiger partial charge in [0, 0.05) is 18.8 Å². The van der Waals surface area contributed by atoms with Crippen LogP contribution in [0.2, 0.25) is 0 Å². The summed E-state index contributed by atoms with van der Waals surface area (Å²) in [6.45, 7) is 1.49. The molecule has 0 radical (unpaired) electrons. The van der Waals surface area contributed by atoms with E-state index in [0.29, 0.717) is 0 Å². The van der Waals surface area contributed by atoms with Crippen LogP contribution in [0.15, 0.2) is 48.5 Å². The molecule has 0 unspecified atom stereocenters. The number of para-hydroxylation sites is 2. The lowest BCUT2D eigenvalue weighted by Gasteiger charge is -2.10. The van der Waals surface area contributed by atoms with Crippen molar-refractivity contribution in [3.63, 3.8) is 0 Å². The van der Waals surface area contributed by atoms with Crippen molar-refractivity contribution in [1.29, 1.82) is 0 Å². The average Bonchev–Trinajstić information content (AvgIpc) is 2.46. The Morgan fingerprint density at radius 3 is 2.32 bits per heavy atom. The van der Waals surface area contributed by atoms with E-state index < -0.39 is 0 Å². The average molecular weight is 258 g/mol. The molecule has 0 fully saturated rings. The maximum Gasteiger partial charge on any atom is 0.138 e. The number of hydrogen-bond donors (Lipinski definition) is 3. The van der Waals surface area contributed by atoms with Crippen molar-refractivity contribution in [1.82, 2.24) is 0 Å². The van der Waals surface area contributed by atoms with Crippen LogP contribution in [0.1, 0.15) is 0 Å². The molecule has 0 aliphatic carbocycles.